The van der Waals surface area contributed by atoms with Crippen LogP contribution in [0.2, 0.25) is 5.02 Å². The third-order valence-electron chi connectivity index (χ3n) is 7.12. The number of hydrogen-bond donors (Lipinski definition) is 1. The second-order valence-corrected chi connectivity index (χ2v) is 10.1. The summed E-state index contributed by atoms with van der Waals surface area (Å²) in [5, 5.41) is 3.65. The van der Waals surface area contributed by atoms with Crippen LogP contribution in [0.25, 0.3) is 0 Å². The molecular weight excluding hydrogens is 522 g/mol. The molecule has 0 bridgehead atoms. The number of nitrogens with one attached hydrogen (secondary N) is 1. The van der Waals surface area contributed by atoms with Gasteiger partial charge in [-0.3, -0.25) is 4.90 Å². The van der Waals surface area contributed by atoms with E-state index in [0.717, 1.165) is 31.9 Å². The lowest BCUT2D eigenvalue weighted by atomic mass is 9.79. The molecule has 0 radical (unpaired) electrons. The first kappa shape index (κ1) is 28.9. The van der Waals surface area contributed by atoms with E-state index in [-0.39, 0.29) is 17.8 Å². The first-order valence-electron chi connectivity index (χ1n) is 13.0. The Bertz CT molecular complexity index is 1260. The Morgan fingerprint density at radius 3 is 2.44 bits per heavy atom. The van der Waals surface area contributed by atoms with Crippen LogP contribution >= 0.6 is 11.6 Å². The first-order chi connectivity index (χ1) is 18.8. The number of likely N-dealkylation sites (N-methyl/N-ethyl adjacent to an activating group) is 1. The van der Waals surface area contributed by atoms with Crippen molar-refractivity contribution in [2.24, 2.45) is 0 Å². The number of piperazine rings is 1. The lowest BCUT2D eigenvalue weighted by Crippen LogP contribution is -2.43. The Labute approximate surface area is 234 Å². The molecule has 2 aliphatic rings. The average molecular weight is 558 g/mol. The average Bonchev–Trinajstić information content (AvgIpc) is 3.38. The Balaban J connectivity index is 1.80. The molecule has 1 saturated heterocycles. The lowest BCUT2D eigenvalue weighted by Gasteiger charge is -2.34. The van der Waals surface area contributed by atoms with E-state index in [1.165, 1.54) is 7.11 Å². The summed E-state index contributed by atoms with van der Waals surface area (Å²) in [6.45, 7) is 8.23. The lowest BCUT2D eigenvalue weighted by molar-refractivity contribution is -0.139. The highest BCUT2D eigenvalue weighted by molar-refractivity contribution is 6.31. The van der Waals surface area contributed by atoms with Crippen molar-refractivity contribution in [3.05, 3.63) is 81.0 Å². The van der Waals surface area contributed by atoms with Crippen molar-refractivity contribution in [3.8, 4) is 0 Å². The smallest absolute Gasteiger partial charge is 0.336 e. The predicted molar refractivity (Wildman–Crippen MR) is 147 cm³/mol. The van der Waals surface area contributed by atoms with Crippen LogP contribution in [0.1, 0.15) is 43.0 Å². The number of rotatable bonds is 9. The van der Waals surface area contributed by atoms with Crippen LogP contribution in [0.4, 0.5) is 0 Å². The highest BCUT2D eigenvalue weighted by Gasteiger charge is 2.42. The van der Waals surface area contributed by atoms with E-state index in [4.69, 9.17) is 30.2 Å². The zero-order valence-electron chi connectivity index (χ0n) is 23.1. The monoisotopic (exact) mass is 557 g/mol. The quantitative estimate of drug-likeness (QED) is 0.459. The Hall–Kier alpha value is -3.11. The van der Waals surface area contributed by atoms with Crippen LogP contribution in [-0.2, 0) is 30.3 Å². The second-order valence-electron chi connectivity index (χ2n) is 9.66. The number of methoxy groups -OCH3 is 2. The molecule has 10 heteroatoms. The predicted octanol–water partition coefficient (Wildman–Crippen LogP) is 4.02. The molecule has 2 atom stereocenters. The minimum Gasteiger partial charge on any atom is -0.466 e. The molecule has 2 aromatic rings. The van der Waals surface area contributed by atoms with E-state index < -0.39 is 24.0 Å². The molecule has 2 unspecified atom stereocenters. The molecule has 1 aromatic heterocycles. The van der Waals surface area contributed by atoms with Crippen LogP contribution in [0.3, 0.4) is 0 Å². The van der Waals surface area contributed by atoms with Crippen molar-refractivity contribution in [2.45, 2.75) is 32.4 Å². The van der Waals surface area contributed by atoms with Crippen molar-refractivity contribution in [2.75, 3.05) is 54.1 Å². The minimum atomic E-state index is -0.848. The molecule has 3 heterocycles. The number of ether oxygens (including phenoxy) is 3. The molecule has 0 saturated carbocycles. The van der Waals surface area contributed by atoms with Gasteiger partial charge in [0.25, 0.3) is 0 Å². The van der Waals surface area contributed by atoms with Gasteiger partial charge in [-0.25, -0.2) is 9.59 Å². The SMILES string of the molecule is CCOC(=O)C1=C(C(OC)c2ccc(CN3CCN(C)CC3)o2)NC(C)=C(C(=O)OC)C1c1ccccc1Cl. The number of esters is 2. The van der Waals surface area contributed by atoms with Crippen molar-refractivity contribution in [3.63, 3.8) is 0 Å². The molecule has 39 heavy (non-hydrogen) atoms. The van der Waals surface area contributed by atoms with Gasteiger partial charge in [0.05, 0.1) is 43.0 Å². The van der Waals surface area contributed by atoms with Gasteiger partial charge in [-0.05, 0) is 44.7 Å². The third-order valence-corrected chi connectivity index (χ3v) is 7.47. The van der Waals surface area contributed by atoms with Gasteiger partial charge in [0.15, 0.2) is 6.10 Å². The molecule has 4 rings (SSSR count). The summed E-state index contributed by atoms with van der Waals surface area (Å²) >= 11 is 6.62. The molecule has 2 aliphatic heterocycles. The maximum absolute atomic E-state index is 13.6. The van der Waals surface area contributed by atoms with Crippen LogP contribution in [0.5, 0.6) is 0 Å². The van der Waals surface area contributed by atoms with Gasteiger partial charge in [-0.15, -0.1) is 0 Å². The molecule has 0 spiro atoms. The Kier molecular flexibility index (Phi) is 9.50. The van der Waals surface area contributed by atoms with Gasteiger partial charge >= 0.3 is 11.9 Å². The summed E-state index contributed by atoms with van der Waals surface area (Å²) in [7, 11) is 4.97. The fourth-order valence-corrected chi connectivity index (χ4v) is 5.37. The van der Waals surface area contributed by atoms with Gasteiger partial charge in [-0.2, -0.15) is 0 Å². The second kappa shape index (κ2) is 12.8. The van der Waals surface area contributed by atoms with Crippen LogP contribution < -0.4 is 5.32 Å². The molecule has 1 N–H and O–H groups in total. The normalized spacial score (nSPS) is 19.6. The van der Waals surface area contributed by atoms with Crippen molar-refractivity contribution >= 4 is 23.5 Å². The standard InChI is InChI=1S/C29H36ClN3O6/c1-6-38-29(35)25-24(20-9-7-8-10-21(20)30)23(28(34)37-5)18(2)31-26(25)27(36-4)22-12-11-19(39-22)17-33-15-13-32(3)14-16-33/h7-12,24,27,31H,6,13-17H2,1-5H3. The number of allylic oxidation sites excluding steroid dienone is 1. The van der Waals surface area contributed by atoms with Gasteiger partial charge in [0.1, 0.15) is 11.5 Å². The number of carbonyl (C=O) groups excluding carboxylic acids is 2. The number of furan rings is 1. The minimum absolute atomic E-state index is 0.148. The van der Waals surface area contributed by atoms with E-state index in [2.05, 4.69) is 22.2 Å². The van der Waals surface area contributed by atoms with Crippen molar-refractivity contribution in [1.82, 2.24) is 15.1 Å². The molecule has 9 nitrogen and oxygen atoms in total. The number of benzene rings is 1. The van der Waals surface area contributed by atoms with Crippen LogP contribution in [0, 0.1) is 0 Å². The number of dihydropyridines is 1. The highest BCUT2D eigenvalue weighted by Crippen LogP contribution is 2.45. The van der Waals surface area contributed by atoms with Gasteiger partial charge in [-0.1, -0.05) is 29.8 Å². The third kappa shape index (κ3) is 6.22. The molecule has 210 valence electrons. The van der Waals surface area contributed by atoms with E-state index >= 15 is 0 Å². The zero-order valence-corrected chi connectivity index (χ0v) is 23.8. The van der Waals surface area contributed by atoms with Gasteiger partial charge < -0.3 is 28.8 Å². The number of hydrogen-bond acceptors (Lipinski definition) is 9. The van der Waals surface area contributed by atoms with Crippen molar-refractivity contribution in [1.29, 1.82) is 0 Å². The van der Waals surface area contributed by atoms with E-state index in [9.17, 15) is 9.59 Å². The summed E-state index contributed by atoms with van der Waals surface area (Å²) in [5.74, 6) is -0.690. The molecular formula is C29H36ClN3O6. The van der Waals surface area contributed by atoms with Gasteiger partial charge in [0, 0.05) is 44.0 Å². The summed E-state index contributed by atoms with van der Waals surface area (Å²) < 4.78 is 22.8. The summed E-state index contributed by atoms with van der Waals surface area (Å²) in [5.41, 5.74) is 1.99. The number of halogens is 1. The summed E-state index contributed by atoms with van der Waals surface area (Å²) in [6.07, 6.45) is -0.773. The first-order valence-corrected chi connectivity index (χ1v) is 13.4. The van der Waals surface area contributed by atoms with Crippen LogP contribution in [-0.4, -0.2) is 75.8 Å². The van der Waals surface area contributed by atoms with E-state index in [1.807, 2.05) is 12.1 Å². The van der Waals surface area contributed by atoms with Crippen LogP contribution in [0.15, 0.2) is 63.4 Å². The van der Waals surface area contributed by atoms with E-state index in [1.54, 1.807) is 45.2 Å². The zero-order chi connectivity index (χ0) is 28.1. The molecule has 0 amide bonds. The fraction of sp³-hybridized carbons (Fsp3) is 0.448. The van der Waals surface area contributed by atoms with Crippen molar-refractivity contribution < 1.29 is 28.2 Å². The Morgan fingerprint density at radius 1 is 1.08 bits per heavy atom. The maximum atomic E-state index is 13.6. The number of carbonyl (C=O) groups is 2. The molecule has 1 aromatic carbocycles. The number of nitrogens with zero attached hydrogens (tertiary/aromatic N) is 2. The maximum Gasteiger partial charge on any atom is 0.336 e. The fourth-order valence-electron chi connectivity index (χ4n) is 5.12. The topological polar surface area (TPSA) is 93.5 Å². The molecule has 1 fully saturated rings. The Morgan fingerprint density at radius 2 is 1.79 bits per heavy atom. The molecule has 0 aliphatic carbocycles. The summed E-state index contributed by atoms with van der Waals surface area (Å²) in [4.78, 5) is 31.3. The highest BCUT2D eigenvalue weighted by atomic mass is 35.5. The summed E-state index contributed by atoms with van der Waals surface area (Å²) in [6, 6.07) is 10.9. The van der Waals surface area contributed by atoms with Gasteiger partial charge in [0.2, 0.25) is 0 Å². The van der Waals surface area contributed by atoms with E-state index in [0.29, 0.717) is 34.3 Å². The largest absolute Gasteiger partial charge is 0.466 e.